The number of anilines is 1. The molecule has 0 bridgehead atoms. The van der Waals surface area contributed by atoms with Crippen molar-refractivity contribution in [3.63, 3.8) is 0 Å². The first-order valence-electron chi connectivity index (χ1n) is 4.66. The van der Waals surface area contributed by atoms with Gasteiger partial charge in [0.1, 0.15) is 5.82 Å². The fourth-order valence-electron chi connectivity index (χ4n) is 0.935. The van der Waals surface area contributed by atoms with Crippen molar-refractivity contribution < 1.29 is 17.9 Å². The van der Waals surface area contributed by atoms with Crippen LogP contribution in [0, 0.1) is 0 Å². The molecule has 1 aromatic rings. The van der Waals surface area contributed by atoms with E-state index in [4.69, 9.17) is 5.73 Å². The molecular weight excluding hydrogens is 364 g/mol. The molecule has 0 spiro atoms. The number of hydrogen-bond acceptors (Lipinski definition) is 3. The molecule has 0 unspecified atom stereocenters. The van der Waals surface area contributed by atoms with Gasteiger partial charge < -0.3 is 11.1 Å². The van der Waals surface area contributed by atoms with E-state index in [-0.39, 0.29) is 36.5 Å². The summed E-state index contributed by atoms with van der Waals surface area (Å²) >= 11 is 0. The van der Waals surface area contributed by atoms with E-state index < -0.39 is 13.0 Å². The molecule has 0 atom stereocenters. The Bertz CT molecular complexity index is 372. The SMILES string of the molecule is I.NC(=NCCOC(F)(F)F)Nc1ccccn1. The van der Waals surface area contributed by atoms with Crippen LogP contribution in [0.5, 0.6) is 0 Å². The van der Waals surface area contributed by atoms with Gasteiger partial charge in [-0.25, -0.2) is 4.98 Å². The monoisotopic (exact) mass is 376 g/mol. The maximum Gasteiger partial charge on any atom is 0.522 e. The molecule has 102 valence electrons. The normalized spacial score (nSPS) is 11.8. The van der Waals surface area contributed by atoms with E-state index in [0.29, 0.717) is 5.82 Å². The topological polar surface area (TPSA) is 72.5 Å². The number of guanidine groups is 1. The largest absolute Gasteiger partial charge is 0.522 e. The Labute approximate surface area is 119 Å². The summed E-state index contributed by atoms with van der Waals surface area (Å²) < 4.78 is 38.3. The molecule has 1 aromatic heterocycles. The van der Waals surface area contributed by atoms with Gasteiger partial charge in [-0.1, -0.05) is 6.07 Å². The standard InChI is InChI=1S/C9H11F3N4O.HI/c10-9(11,12)17-6-5-15-8(13)16-7-3-1-2-4-14-7;/h1-4H,5-6H2,(H3,13,14,15,16);1H. The lowest BCUT2D eigenvalue weighted by molar-refractivity contribution is -0.323. The van der Waals surface area contributed by atoms with Gasteiger partial charge in [-0.15, -0.1) is 37.1 Å². The number of alkyl halides is 3. The highest BCUT2D eigenvalue weighted by molar-refractivity contribution is 14.0. The Morgan fingerprint density at radius 3 is 2.72 bits per heavy atom. The van der Waals surface area contributed by atoms with Gasteiger partial charge in [0.15, 0.2) is 5.96 Å². The maximum atomic E-state index is 11.6. The van der Waals surface area contributed by atoms with Gasteiger partial charge in [-0.2, -0.15) is 0 Å². The lowest BCUT2D eigenvalue weighted by atomic mass is 10.5. The average Bonchev–Trinajstić information content (AvgIpc) is 2.25. The zero-order valence-corrected chi connectivity index (χ0v) is 11.5. The lowest BCUT2D eigenvalue weighted by Gasteiger charge is -2.06. The zero-order valence-electron chi connectivity index (χ0n) is 9.15. The van der Waals surface area contributed by atoms with Gasteiger partial charge in [0.2, 0.25) is 0 Å². The number of nitrogens with two attached hydrogens (primary N) is 1. The minimum absolute atomic E-state index is 0. The number of aliphatic imine (C=N–C) groups is 1. The van der Waals surface area contributed by atoms with E-state index in [9.17, 15) is 13.2 Å². The third kappa shape index (κ3) is 8.06. The van der Waals surface area contributed by atoms with E-state index in [1.807, 2.05) is 0 Å². The van der Waals surface area contributed by atoms with E-state index in [1.54, 1.807) is 24.4 Å². The van der Waals surface area contributed by atoms with Crippen molar-refractivity contribution in [1.29, 1.82) is 0 Å². The number of pyridine rings is 1. The Morgan fingerprint density at radius 2 is 2.17 bits per heavy atom. The molecule has 0 amide bonds. The van der Waals surface area contributed by atoms with Crippen molar-refractivity contribution in [2.75, 3.05) is 18.5 Å². The first-order valence-corrected chi connectivity index (χ1v) is 4.66. The second kappa shape index (κ2) is 8.08. The Hall–Kier alpha value is -1.10. The Morgan fingerprint density at radius 1 is 1.44 bits per heavy atom. The number of halogens is 4. The molecule has 0 aliphatic rings. The van der Waals surface area contributed by atoms with Crippen LogP contribution in [0.15, 0.2) is 29.4 Å². The van der Waals surface area contributed by atoms with Crippen molar-refractivity contribution in [3.05, 3.63) is 24.4 Å². The second-order valence-corrected chi connectivity index (χ2v) is 2.90. The smallest absolute Gasteiger partial charge is 0.370 e. The molecule has 0 aliphatic heterocycles. The molecule has 0 fully saturated rings. The molecule has 5 nitrogen and oxygen atoms in total. The summed E-state index contributed by atoms with van der Waals surface area (Å²) in [4.78, 5) is 7.54. The van der Waals surface area contributed by atoms with Crippen LogP contribution in [0.2, 0.25) is 0 Å². The van der Waals surface area contributed by atoms with Crippen molar-refractivity contribution >= 4 is 35.8 Å². The van der Waals surface area contributed by atoms with E-state index in [0.717, 1.165) is 0 Å². The van der Waals surface area contributed by atoms with Gasteiger partial charge in [-0.05, 0) is 12.1 Å². The third-order valence-corrected chi connectivity index (χ3v) is 1.56. The number of aromatic nitrogens is 1. The number of nitrogens with one attached hydrogen (secondary N) is 1. The van der Waals surface area contributed by atoms with Crippen molar-refractivity contribution in [1.82, 2.24) is 4.98 Å². The second-order valence-electron chi connectivity index (χ2n) is 2.90. The van der Waals surface area contributed by atoms with Gasteiger partial charge in [0.05, 0.1) is 13.2 Å². The van der Waals surface area contributed by atoms with E-state index in [1.165, 1.54) is 0 Å². The third-order valence-electron chi connectivity index (χ3n) is 1.56. The summed E-state index contributed by atoms with van der Waals surface area (Å²) in [6.07, 6.45) is -3.10. The van der Waals surface area contributed by atoms with Crippen LogP contribution in [0.3, 0.4) is 0 Å². The lowest BCUT2D eigenvalue weighted by Crippen LogP contribution is -2.24. The van der Waals surface area contributed by atoms with Gasteiger partial charge in [-0.3, -0.25) is 9.73 Å². The van der Waals surface area contributed by atoms with Crippen LogP contribution in [0.4, 0.5) is 19.0 Å². The van der Waals surface area contributed by atoms with Gasteiger partial charge in [0.25, 0.3) is 0 Å². The highest BCUT2D eigenvalue weighted by atomic mass is 127. The number of hydrogen-bond donors (Lipinski definition) is 2. The summed E-state index contributed by atoms with van der Waals surface area (Å²) in [5.74, 6) is 0.444. The molecule has 0 saturated carbocycles. The molecule has 0 aliphatic carbocycles. The van der Waals surface area contributed by atoms with Crippen LogP contribution in [-0.4, -0.2) is 30.5 Å². The average molecular weight is 376 g/mol. The predicted octanol–water partition coefficient (Wildman–Crippen LogP) is 1.96. The van der Waals surface area contributed by atoms with E-state index in [2.05, 4.69) is 20.0 Å². The van der Waals surface area contributed by atoms with Crippen LogP contribution in [0.25, 0.3) is 0 Å². The Balaban J connectivity index is 0.00000289. The van der Waals surface area contributed by atoms with Gasteiger partial charge in [0, 0.05) is 6.20 Å². The fourth-order valence-corrected chi connectivity index (χ4v) is 0.935. The summed E-state index contributed by atoms with van der Waals surface area (Å²) in [6, 6.07) is 5.10. The molecule has 0 aromatic carbocycles. The zero-order chi connectivity index (χ0) is 12.7. The molecule has 1 rings (SSSR count). The van der Waals surface area contributed by atoms with Gasteiger partial charge >= 0.3 is 6.36 Å². The molecule has 0 radical (unpaired) electrons. The molecule has 1 heterocycles. The summed E-state index contributed by atoms with van der Waals surface area (Å²) in [7, 11) is 0. The molecule has 0 saturated heterocycles. The molecule has 9 heteroatoms. The highest BCUT2D eigenvalue weighted by Crippen LogP contribution is 2.15. The van der Waals surface area contributed by atoms with Crippen LogP contribution in [0.1, 0.15) is 0 Å². The first-order chi connectivity index (χ1) is 7.97. The highest BCUT2D eigenvalue weighted by Gasteiger charge is 2.28. The molecule has 3 N–H and O–H groups in total. The molecule has 18 heavy (non-hydrogen) atoms. The van der Waals surface area contributed by atoms with Crippen molar-refractivity contribution in [3.8, 4) is 0 Å². The predicted molar refractivity (Wildman–Crippen MR) is 71.8 cm³/mol. The minimum Gasteiger partial charge on any atom is -0.370 e. The summed E-state index contributed by atoms with van der Waals surface area (Å²) in [6.45, 7) is -0.765. The summed E-state index contributed by atoms with van der Waals surface area (Å²) in [5.41, 5.74) is 5.42. The van der Waals surface area contributed by atoms with Crippen LogP contribution < -0.4 is 11.1 Å². The maximum absolute atomic E-state index is 11.6. The molecular formula is C9H12F3IN4O. The summed E-state index contributed by atoms with van der Waals surface area (Å²) in [5, 5.41) is 2.62. The van der Waals surface area contributed by atoms with Crippen LogP contribution >= 0.6 is 24.0 Å². The van der Waals surface area contributed by atoms with E-state index >= 15 is 0 Å². The first kappa shape index (κ1) is 16.9. The number of ether oxygens (including phenoxy) is 1. The fraction of sp³-hybridized carbons (Fsp3) is 0.333. The number of nitrogens with zero attached hydrogens (tertiary/aromatic N) is 2. The number of rotatable bonds is 4. The van der Waals surface area contributed by atoms with Crippen molar-refractivity contribution in [2.45, 2.75) is 6.36 Å². The minimum atomic E-state index is -4.64. The van der Waals surface area contributed by atoms with Crippen molar-refractivity contribution in [2.24, 2.45) is 10.7 Å². The quantitative estimate of drug-likeness (QED) is 0.365. The Kier molecular flexibility index (Phi) is 7.59. The van der Waals surface area contributed by atoms with Crippen LogP contribution in [-0.2, 0) is 4.74 Å².